The monoisotopic (exact) mass is 219 g/mol. The molecule has 1 spiro atoms. The number of furan rings is 1. The van der Waals surface area contributed by atoms with Crippen LogP contribution >= 0.6 is 0 Å². The van der Waals surface area contributed by atoms with E-state index in [0.29, 0.717) is 17.0 Å². The Labute approximate surface area is 95.2 Å². The molecule has 0 unspecified atom stereocenters. The summed E-state index contributed by atoms with van der Waals surface area (Å²) in [6.07, 6.45) is 9.60. The van der Waals surface area contributed by atoms with Gasteiger partial charge in [-0.1, -0.05) is 6.42 Å². The highest BCUT2D eigenvalue weighted by atomic mass is 16.3. The molecule has 1 heterocycles. The minimum Gasteiger partial charge on any atom is -0.471 e. The van der Waals surface area contributed by atoms with Gasteiger partial charge in [-0.25, -0.2) is 0 Å². The molecule has 0 aromatic carbocycles. The summed E-state index contributed by atoms with van der Waals surface area (Å²) in [7, 11) is 0. The van der Waals surface area contributed by atoms with Crippen molar-refractivity contribution >= 4 is 5.91 Å². The number of carbonyl (C=O) groups is 1. The van der Waals surface area contributed by atoms with Gasteiger partial charge in [-0.05, 0) is 43.6 Å². The van der Waals surface area contributed by atoms with Crippen LogP contribution in [0.5, 0.6) is 0 Å². The largest absolute Gasteiger partial charge is 0.471 e. The second-order valence-corrected chi connectivity index (χ2v) is 5.40. The van der Waals surface area contributed by atoms with Gasteiger partial charge < -0.3 is 9.73 Å². The molecule has 3 heteroatoms. The normalized spacial score (nSPS) is 22.6. The quantitative estimate of drug-likeness (QED) is 0.830. The maximum Gasteiger partial charge on any atom is 0.255 e. The van der Waals surface area contributed by atoms with Crippen molar-refractivity contribution in [2.45, 2.75) is 45.1 Å². The Bertz CT molecular complexity index is 409. The zero-order valence-electron chi connectivity index (χ0n) is 9.58. The number of nitrogens with one attached hydrogen (secondary N) is 1. The van der Waals surface area contributed by atoms with Crippen LogP contribution in [-0.4, -0.2) is 11.9 Å². The summed E-state index contributed by atoms with van der Waals surface area (Å²) in [5, 5.41) is 3.08. The topological polar surface area (TPSA) is 42.2 Å². The second-order valence-electron chi connectivity index (χ2n) is 5.40. The van der Waals surface area contributed by atoms with E-state index < -0.39 is 0 Å². The van der Waals surface area contributed by atoms with E-state index in [-0.39, 0.29) is 5.91 Å². The third kappa shape index (κ3) is 1.46. The van der Waals surface area contributed by atoms with Crippen LogP contribution in [0.4, 0.5) is 0 Å². The molecule has 1 aromatic rings. The summed E-state index contributed by atoms with van der Waals surface area (Å²) in [4.78, 5) is 11.9. The van der Waals surface area contributed by atoms with Crippen molar-refractivity contribution in [2.24, 2.45) is 5.41 Å². The molecule has 0 atom stereocenters. The molecular formula is C13H17NO2. The maximum atomic E-state index is 11.9. The lowest BCUT2D eigenvalue weighted by atomic mass is 9.54. The highest BCUT2D eigenvalue weighted by molar-refractivity contribution is 5.95. The Morgan fingerprint density at radius 1 is 1.44 bits per heavy atom. The van der Waals surface area contributed by atoms with Crippen molar-refractivity contribution in [3.05, 3.63) is 23.7 Å². The molecule has 3 nitrogen and oxygen atoms in total. The SMILES string of the molecule is Cc1cocc1C(=O)NC1CC2(CCC2)C1. The van der Waals surface area contributed by atoms with Gasteiger partial charge in [0, 0.05) is 6.04 Å². The summed E-state index contributed by atoms with van der Waals surface area (Å²) >= 11 is 0. The van der Waals surface area contributed by atoms with Gasteiger partial charge in [0.05, 0.1) is 11.8 Å². The first-order chi connectivity index (χ1) is 7.69. The summed E-state index contributed by atoms with van der Waals surface area (Å²) in [5.41, 5.74) is 2.20. The highest BCUT2D eigenvalue weighted by Crippen LogP contribution is 2.55. The molecule has 1 amide bonds. The lowest BCUT2D eigenvalue weighted by Gasteiger charge is -2.54. The van der Waals surface area contributed by atoms with Gasteiger partial charge in [0.1, 0.15) is 6.26 Å². The van der Waals surface area contributed by atoms with Gasteiger partial charge in [-0.3, -0.25) is 4.79 Å². The summed E-state index contributed by atoms with van der Waals surface area (Å²) in [6.45, 7) is 1.90. The number of hydrogen-bond acceptors (Lipinski definition) is 2. The van der Waals surface area contributed by atoms with Gasteiger partial charge >= 0.3 is 0 Å². The number of amides is 1. The third-order valence-corrected chi connectivity index (χ3v) is 4.21. The fraction of sp³-hybridized carbons (Fsp3) is 0.615. The lowest BCUT2D eigenvalue weighted by Crippen LogP contribution is -2.53. The number of carbonyl (C=O) groups excluding carboxylic acids is 1. The van der Waals surface area contributed by atoms with Crippen molar-refractivity contribution in [3.8, 4) is 0 Å². The van der Waals surface area contributed by atoms with E-state index in [0.717, 1.165) is 5.56 Å². The van der Waals surface area contributed by atoms with Gasteiger partial charge in [-0.15, -0.1) is 0 Å². The summed E-state index contributed by atoms with van der Waals surface area (Å²) in [6, 6.07) is 0.391. The first-order valence-corrected chi connectivity index (χ1v) is 6.02. The maximum absolute atomic E-state index is 11.9. The van der Waals surface area contributed by atoms with Gasteiger partial charge in [0.15, 0.2) is 0 Å². The van der Waals surface area contributed by atoms with E-state index in [1.807, 2.05) is 6.92 Å². The molecule has 0 radical (unpaired) electrons. The van der Waals surface area contributed by atoms with Gasteiger partial charge in [0.2, 0.25) is 0 Å². The van der Waals surface area contributed by atoms with E-state index in [2.05, 4.69) is 5.32 Å². The Morgan fingerprint density at radius 2 is 2.19 bits per heavy atom. The molecular weight excluding hydrogens is 202 g/mol. The molecule has 0 bridgehead atoms. The van der Waals surface area contributed by atoms with Crippen molar-refractivity contribution in [3.63, 3.8) is 0 Å². The predicted molar refractivity (Wildman–Crippen MR) is 60.2 cm³/mol. The predicted octanol–water partition coefficient (Wildman–Crippen LogP) is 2.65. The van der Waals surface area contributed by atoms with E-state index in [1.165, 1.54) is 38.4 Å². The van der Waals surface area contributed by atoms with Crippen LogP contribution in [0.25, 0.3) is 0 Å². The minimum atomic E-state index is 0.0189. The van der Waals surface area contributed by atoms with Gasteiger partial charge in [-0.2, -0.15) is 0 Å². The minimum absolute atomic E-state index is 0.0189. The molecule has 86 valence electrons. The molecule has 1 aromatic heterocycles. The first-order valence-electron chi connectivity index (χ1n) is 6.02. The summed E-state index contributed by atoms with van der Waals surface area (Å²) < 4.78 is 5.01. The molecule has 0 aliphatic heterocycles. The third-order valence-electron chi connectivity index (χ3n) is 4.21. The standard InChI is InChI=1S/C13H17NO2/c1-9-7-16-8-11(9)12(15)14-10-5-13(6-10)3-2-4-13/h7-8,10H,2-6H2,1H3,(H,14,15). The zero-order chi connectivity index (χ0) is 11.2. The van der Waals surface area contributed by atoms with E-state index in [4.69, 9.17) is 4.42 Å². The smallest absolute Gasteiger partial charge is 0.255 e. The fourth-order valence-corrected chi connectivity index (χ4v) is 3.03. The van der Waals surface area contributed by atoms with E-state index in [9.17, 15) is 4.79 Å². The first kappa shape index (κ1) is 9.94. The average Bonchev–Trinajstić information content (AvgIpc) is 2.53. The Hall–Kier alpha value is -1.25. The highest BCUT2D eigenvalue weighted by Gasteiger charge is 2.48. The Balaban J connectivity index is 1.56. The van der Waals surface area contributed by atoms with Crippen LogP contribution in [0.3, 0.4) is 0 Å². The van der Waals surface area contributed by atoms with Crippen LogP contribution in [-0.2, 0) is 0 Å². The fourth-order valence-electron chi connectivity index (χ4n) is 3.03. The van der Waals surface area contributed by atoms with Crippen molar-refractivity contribution in [2.75, 3.05) is 0 Å². The zero-order valence-corrected chi connectivity index (χ0v) is 9.58. The van der Waals surface area contributed by atoms with E-state index in [1.54, 1.807) is 6.26 Å². The number of aryl methyl sites for hydroxylation is 1. The molecule has 2 fully saturated rings. The van der Waals surface area contributed by atoms with Crippen LogP contribution in [0.1, 0.15) is 48.0 Å². The van der Waals surface area contributed by atoms with Crippen molar-refractivity contribution < 1.29 is 9.21 Å². The molecule has 2 aliphatic rings. The lowest BCUT2D eigenvalue weighted by molar-refractivity contribution is -0.000636. The molecule has 2 saturated carbocycles. The number of hydrogen-bond donors (Lipinski definition) is 1. The molecule has 3 rings (SSSR count). The van der Waals surface area contributed by atoms with Crippen LogP contribution in [0, 0.1) is 12.3 Å². The number of rotatable bonds is 2. The molecule has 0 saturated heterocycles. The summed E-state index contributed by atoms with van der Waals surface area (Å²) in [5.74, 6) is 0.0189. The van der Waals surface area contributed by atoms with Gasteiger partial charge in [0.25, 0.3) is 5.91 Å². The second kappa shape index (κ2) is 3.37. The Morgan fingerprint density at radius 3 is 2.69 bits per heavy atom. The van der Waals surface area contributed by atoms with E-state index >= 15 is 0 Å². The van der Waals surface area contributed by atoms with Crippen LogP contribution < -0.4 is 5.32 Å². The van der Waals surface area contributed by atoms with Crippen molar-refractivity contribution in [1.29, 1.82) is 0 Å². The molecule has 2 aliphatic carbocycles. The van der Waals surface area contributed by atoms with Crippen molar-refractivity contribution in [1.82, 2.24) is 5.32 Å². The van der Waals surface area contributed by atoms with Crippen LogP contribution in [0.15, 0.2) is 16.9 Å². The Kier molecular flexibility index (Phi) is 2.09. The molecule has 1 N–H and O–H groups in total. The average molecular weight is 219 g/mol. The molecule has 16 heavy (non-hydrogen) atoms. The van der Waals surface area contributed by atoms with Crippen LogP contribution in [0.2, 0.25) is 0 Å².